The summed E-state index contributed by atoms with van der Waals surface area (Å²) >= 11 is 0. The van der Waals surface area contributed by atoms with E-state index in [2.05, 4.69) is 0 Å². The van der Waals surface area contributed by atoms with Crippen molar-refractivity contribution in [2.24, 2.45) is 0 Å². The van der Waals surface area contributed by atoms with Crippen LogP contribution in [0.4, 0.5) is 0 Å². The number of carbonyl (C=O) groups excluding carboxylic acids is 2. The Labute approximate surface area is 141 Å². The summed E-state index contributed by atoms with van der Waals surface area (Å²) in [5.41, 5.74) is 5.73. The SMILES string of the molecule is CCc1ccc(-c2ccccc2-c2ccccc2)c(C=O)c1C=O. The number of hydrogen-bond donors (Lipinski definition) is 0. The zero-order valence-electron chi connectivity index (χ0n) is 13.5. The van der Waals surface area contributed by atoms with Crippen molar-refractivity contribution in [3.63, 3.8) is 0 Å². The van der Waals surface area contributed by atoms with Gasteiger partial charge in [0.05, 0.1) is 0 Å². The Morgan fingerprint density at radius 2 is 1.29 bits per heavy atom. The van der Waals surface area contributed by atoms with E-state index in [0.717, 1.165) is 46.8 Å². The van der Waals surface area contributed by atoms with Crippen LogP contribution < -0.4 is 0 Å². The molecule has 0 atom stereocenters. The van der Waals surface area contributed by atoms with Gasteiger partial charge in [0.2, 0.25) is 0 Å². The van der Waals surface area contributed by atoms with Crippen molar-refractivity contribution < 1.29 is 9.59 Å². The van der Waals surface area contributed by atoms with E-state index in [1.807, 2.05) is 73.7 Å². The lowest BCUT2D eigenvalue weighted by atomic mass is 9.88. The molecule has 0 spiro atoms. The molecule has 0 unspecified atom stereocenters. The molecule has 0 saturated heterocycles. The summed E-state index contributed by atoms with van der Waals surface area (Å²) in [6.45, 7) is 1.98. The molecule has 0 aliphatic rings. The van der Waals surface area contributed by atoms with Crippen LogP contribution in [0, 0.1) is 0 Å². The number of rotatable bonds is 5. The van der Waals surface area contributed by atoms with E-state index >= 15 is 0 Å². The van der Waals surface area contributed by atoms with Gasteiger partial charge in [-0.2, -0.15) is 0 Å². The summed E-state index contributed by atoms with van der Waals surface area (Å²) in [5.74, 6) is 0. The van der Waals surface area contributed by atoms with E-state index in [-0.39, 0.29) is 0 Å². The van der Waals surface area contributed by atoms with Gasteiger partial charge in [0.25, 0.3) is 0 Å². The lowest BCUT2D eigenvalue weighted by Crippen LogP contribution is -2.01. The minimum atomic E-state index is 0.465. The molecule has 0 N–H and O–H groups in total. The second-order valence-electron chi connectivity index (χ2n) is 5.60. The Hall–Kier alpha value is -3.00. The van der Waals surface area contributed by atoms with Crippen molar-refractivity contribution in [2.75, 3.05) is 0 Å². The summed E-state index contributed by atoms with van der Waals surface area (Å²) in [5, 5.41) is 0. The fraction of sp³-hybridized carbons (Fsp3) is 0.0909. The van der Waals surface area contributed by atoms with E-state index in [1.54, 1.807) is 0 Å². The van der Waals surface area contributed by atoms with Gasteiger partial charge in [0.15, 0.2) is 12.6 Å². The molecule has 24 heavy (non-hydrogen) atoms. The molecule has 3 aromatic rings. The number of hydrogen-bond acceptors (Lipinski definition) is 2. The lowest BCUT2D eigenvalue weighted by Gasteiger charge is -2.15. The summed E-state index contributed by atoms with van der Waals surface area (Å²) in [6.07, 6.45) is 2.30. The van der Waals surface area contributed by atoms with Crippen LogP contribution in [0.1, 0.15) is 33.2 Å². The summed E-state index contributed by atoms with van der Waals surface area (Å²) < 4.78 is 0. The predicted octanol–water partition coefficient (Wildman–Crippen LogP) is 5.21. The molecule has 118 valence electrons. The highest BCUT2D eigenvalue weighted by Crippen LogP contribution is 2.35. The van der Waals surface area contributed by atoms with E-state index in [1.165, 1.54) is 0 Å². The first-order chi connectivity index (χ1) is 11.8. The molecule has 0 bridgehead atoms. The van der Waals surface area contributed by atoms with Crippen LogP contribution in [0.15, 0.2) is 66.7 Å². The molecule has 3 rings (SSSR count). The Morgan fingerprint density at radius 3 is 1.92 bits per heavy atom. The minimum absolute atomic E-state index is 0.465. The van der Waals surface area contributed by atoms with Crippen LogP contribution in [-0.2, 0) is 6.42 Å². The maximum absolute atomic E-state index is 11.7. The molecule has 3 aromatic carbocycles. The number of aldehydes is 2. The predicted molar refractivity (Wildman–Crippen MR) is 97.5 cm³/mol. The average molecular weight is 314 g/mol. The number of benzene rings is 3. The van der Waals surface area contributed by atoms with Gasteiger partial charge in [-0.3, -0.25) is 9.59 Å². The molecule has 0 radical (unpaired) electrons. The minimum Gasteiger partial charge on any atom is -0.298 e. The van der Waals surface area contributed by atoms with E-state index in [4.69, 9.17) is 0 Å². The van der Waals surface area contributed by atoms with E-state index < -0.39 is 0 Å². The molecule has 0 amide bonds. The Balaban J connectivity index is 2.28. The summed E-state index contributed by atoms with van der Waals surface area (Å²) in [4.78, 5) is 23.3. The smallest absolute Gasteiger partial charge is 0.151 e. The van der Waals surface area contributed by atoms with Gasteiger partial charge >= 0.3 is 0 Å². The van der Waals surface area contributed by atoms with Crippen molar-refractivity contribution in [1.82, 2.24) is 0 Å². The Kier molecular flexibility index (Phi) is 4.66. The van der Waals surface area contributed by atoms with Gasteiger partial charge in [0, 0.05) is 11.1 Å². The molecule has 2 heteroatoms. The van der Waals surface area contributed by atoms with Crippen molar-refractivity contribution in [3.05, 3.63) is 83.4 Å². The highest BCUT2D eigenvalue weighted by molar-refractivity contribution is 6.00. The molecule has 0 heterocycles. The monoisotopic (exact) mass is 314 g/mol. The van der Waals surface area contributed by atoms with Gasteiger partial charge in [-0.1, -0.05) is 73.7 Å². The van der Waals surface area contributed by atoms with E-state index in [0.29, 0.717) is 11.1 Å². The standard InChI is InChI=1S/C22H18O2/c1-2-16-12-13-20(22(15-24)21(16)14-23)19-11-7-6-10-18(19)17-8-4-3-5-9-17/h3-15H,2H2,1H3. The Bertz CT molecular complexity index is 880. The van der Waals surface area contributed by atoms with E-state index in [9.17, 15) is 9.59 Å². The van der Waals surface area contributed by atoms with Crippen LogP contribution in [0.25, 0.3) is 22.3 Å². The van der Waals surface area contributed by atoms with Crippen LogP contribution in [0.3, 0.4) is 0 Å². The van der Waals surface area contributed by atoms with Gasteiger partial charge in [-0.15, -0.1) is 0 Å². The third-order valence-corrected chi connectivity index (χ3v) is 4.30. The largest absolute Gasteiger partial charge is 0.298 e. The highest BCUT2D eigenvalue weighted by Gasteiger charge is 2.15. The summed E-state index contributed by atoms with van der Waals surface area (Å²) in [6, 6.07) is 21.9. The molecule has 0 saturated carbocycles. The first-order valence-corrected chi connectivity index (χ1v) is 8.01. The van der Waals surface area contributed by atoms with Gasteiger partial charge in [0.1, 0.15) is 0 Å². The first kappa shape index (κ1) is 15.9. The third kappa shape index (κ3) is 2.79. The topological polar surface area (TPSA) is 34.1 Å². The van der Waals surface area contributed by atoms with Crippen molar-refractivity contribution >= 4 is 12.6 Å². The molecular formula is C22H18O2. The maximum Gasteiger partial charge on any atom is 0.151 e. The van der Waals surface area contributed by atoms with Crippen LogP contribution in [0.5, 0.6) is 0 Å². The molecule has 2 nitrogen and oxygen atoms in total. The van der Waals surface area contributed by atoms with Gasteiger partial charge in [-0.25, -0.2) is 0 Å². The molecule has 0 fully saturated rings. The highest BCUT2D eigenvalue weighted by atomic mass is 16.1. The van der Waals surface area contributed by atoms with Crippen molar-refractivity contribution in [1.29, 1.82) is 0 Å². The number of aryl methyl sites for hydroxylation is 1. The first-order valence-electron chi connectivity index (χ1n) is 8.01. The lowest BCUT2D eigenvalue weighted by molar-refractivity contribution is 0.109. The van der Waals surface area contributed by atoms with Crippen LogP contribution in [0.2, 0.25) is 0 Å². The quantitative estimate of drug-likeness (QED) is 0.606. The fourth-order valence-corrected chi connectivity index (χ4v) is 3.08. The maximum atomic E-state index is 11.7. The average Bonchev–Trinajstić information content (AvgIpc) is 2.67. The number of carbonyl (C=O) groups is 2. The fourth-order valence-electron chi connectivity index (χ4n) is 3.08. The zero-order chi connectivity index (χ0) is 16.9. The second kappa shape index (κ2) is 7.05. The zero-order valence-corrected chi connectivity index (χ0v) is 13.5. The van der Waals surface area contributed by atoms with Crippen LogP contribution >= 0.6 is 0 Å². The summed E-state index contributed by atoms with van der Waals surface area (Å²) in [7, 11) is 0. The van der Waals surface area contributed by atoms with Crippen molar-refractivity contribution in [2.45, 2.75) is 13.3 Å². The molecular weight excluding hydrogens is 296 g/mol. The second-order valence-corrected chi connectivity index (χ2v) is 5.60. The van der Waals surface area contributed by atoms with Gasteiger partial charge < -0.3 is 0 Å². The van der Waals surface area contributed by atoms with Crippen LogP contribution in [-0.4, -0.2) is 12.6 Å². The Morgan fingerprint density at radius 1 is 0.667 bits per heavy atom. The van der Waals surface area contributed by atoms with Gasteiger partial charge in [-0.05, 0) is 34.2 Å². The normalized spacial score (nSPS) is 10.4. The molecule has 0 aliphatic heterocycles. The van der Waals surface area contributed by atoms with Crippen molar-refractivity contribution in [3.8, 4) is 22.3 Å². The third-order valence-electron chi connectivity index (χ3n) is 4.30. The molecule has 0 aromatic heterocycles. The molecule has 0 aliphatic carbocycles.